The van der Waals surface area contributed by atoms with E-state index < -0.39 is 42.9 Å². The van der Waals surface area contributed by atoms with Crippen LogP contribution in [-0.2, 0) is 50.8 Å². The molecule has 1 saturated heterocycles. The van der Waals surface area contributed by atoms with Gasteiger partial charge < -0.3 is 34.7 Å². The highest BCUT2D eigenvalue weighted by Crippen LogP contribution is 2.18. The van der Waals surface area contributed by atoms with Gasteiger partial charge in [-0.1, -0.05) is 82.3 Å². The van der Waals surface area contributed by atoms with E-state index >= 15 is 0 Å². The molecule has 0 bridgehead atoms. The van der Waals surface area contributed by atoms with Crippen LogP contribution in [0.2, 0.25) is 0 Å². The Hall–Kier alpha value is -5.19. The van der Waals surface area contributed by atoms with Crippen LogP contribution >= 0.6 is 0 Å². The zero-order valence-electron chi connectivity index (χ0n) is 34.2. The van der Waals surface area contributed by atoms with Gasteiger partial charge in [0.15, 0.2) is 0 Å². The number of nitrogens with one attached hydrogen (secondary N) is 3. The third-order valence-electron chi connectivity index (χ3n) is 9.27. The SMILES string of the molecule is CC(C)Cc1ccc([C@H](C)C(=O)NCCOCCOCCN2CC(=O)OB([C@H](CC(C)C)NC(=O)[C@H](Cc3ccccc3)NC(=O)c3cnccn3)OC(=O)C2)cc1. The number of amides is 3. The number of rotatable bonds is 22. The smallest absolute Gasteiger partial charge is 0.497 e. The van der Waals surface area contributed by atoms with E-state index in [0.717, 1.165) is 17.5 Å². The van der Waals surface area contributed by atoms with Crippen molar-refractivity contribution in [2.75, 3.05) is 52.6 Å². The Morgan fingerprint density at radius 2 is 1.43 bits per heavy atom. The minimum absolute atomic E-state index is 0.0119. The molecular weight excluding hydrogens is 743 g/mol. The van der Waals surface area contributed by atoms with Crippen molar-refractivity contribution < 1.29 is 42.8 Å². The number of carbonyl (C=O) groups is 5. The molecule has 312 valence electrons. The fraction of sp³-hybridized carbons (Fsp3) is 0.500. The summed E-state index contributed by atoms with van der Waals surface area (Å²) in [5.74, 6) is -3.08. The van der Waals surface area contributed by atoms with Crippen LogP contribution in [0.1, 0.15) is 74.1 Å². The minimum Gasteiger partial charge on any atom is -0.497 e. The van der Waals surface area contributed by atoms with Crippen LogP contribution < -0.4 is 16.0 Å². The van der Waals surface area contributed by atoms with E-state index in [0.29, 0.717) is 32.1 Å². The van der Waals surface area contributed by atoms with E-state index in [4.69, 9.17) is 18.8 Å². The molecule has 0 unspecified atom stereocenters. The molecule has 15 nitrogen and oxygen atoms in total. The fourth-order valence-corrected chi connectivity index (χ4v) is 6.32. The molecule has 1 fully saturated rings. The number of carbonyl (C=O) groups excluding carboxylic acids is 5. The van der Waals surface area contributed by atoms with Crippen LogP contribution in [-0.4, -0.2) is 116 Å². The third kappa shape index (κ3) is 16.0. The van der Waals surface area contributed by atoms with Gasteiger partial charge in [0.25, 0.3) is 5.91 Å². The number of hydrogen-bond acceptors (Lipinski definition) is 12. The highest BCUT2D eigenvalue weighted by molar-refractivity contribution is 6.51. The Morgan fingerprint density at radius 3 is 2.05 bits per heavy atom. The van der Waals surface area contributed by atoms with Gasteiger partial charge in [0, 0.05) is 31.9 Å². The van der Waals surface area contributed by atoms with Crippen LogP contribution in [0.4, 0.5) is 0 Å². The van der Waals surface area contributed by atoms with Crippen LogP contribution in [0.15, 0.2) is 73.2 Å². The molecule has 1 aliphatic heterocycles. The first-order chi connectivity index (χ1) is 27.9. The largest absolute Gasteiger partial charge is 0.622 e. The van der Waals surface area contributed by atoms with Crippen LogP contribution in [0.3, 0.4) is 0 Å². The van der Waals surface area contributed by atoms with Gasteiger partial charge in [0.05, 0.1) is 57.6 Å². The Balaban J connectivity index is 1.20. The molecular formula is C42H57BN6O9. The quantitative estimate of drug-likeness (QED) is 0.0999. The molecule has 3 N–H and O–H groups in total. The second kappa shape index (κ2) is 23.9. The normalized spacial score (nSPS) is 15.1. The predicted octanol–water partition coefficient (Wildman–Crippen LogP) is 2.93. The lowest BCUT2D eigenvalue weighted by molar-refractivity contribution is -0.147. The second-order valence-electron chi connectivity index (χ2n) is 15.2. The van der Waals surface area contributed by atoms with E-state index in [1.165, 1.54) is 24.2 Å². The lowest BCUT2D eigenvalue weighted by Gasteiger charge is -2.30. The zero-order valence-corrected chi connectivity index (χ0v) is 34.2. The summed E-state index contributed by atoms with van der Waals surface area (Å²) in [6.07, 6.45) is 5.59. The number of aromatic nitrogens is 2. The van der Waals surface area contributed by atoms with Crippen LogP contribution in [0.25, 0.3) is 0 Å². The molecule has 0 radical (unpaired) electrons. The van der Waals surface area contributed by atoms with E-state index in [1.807, 2.05) is 63.2 Å². The van der Waals surface area contributed by atoms with Crippen molar-refractivity contribution >= 4 is 36.8 Å². The van der Waals surface area contributed by atoms with Crippen molar-refractivity contribution in [1.82, 2.24) is 30.8 Å². The van der Waals surface area contributed by atoms with Gasteiger partial charge >= 0.3 is 19.1 Å². The second-order valence-corrected chi connectivity index (χ2v) is 15.2. The molecule has 58 heavy (non-hydrogen) atoms. The van der Waals surface area contributed by atoms with Crippen LogP contribution in [0.5, 0.6) is 0 Å². The predicted molar refractivity (Wildman–Crippen MR) is 217 cm³/mol. The van der Waals surface area contributed by atoms with Gasteiger partial charge in [-0.15, -0.1) is 0 Å². The van der Waals surface area contributed by atoms with Gasteiger partial charge in [-0.2, -0.15) is 0 Å². The van der Waals surface area contributed by atoms with Crippen molar-refractivity contribution in [2.45, 2.75) is 71.8 Å². The third-order valence-corrected chi connectivity index (χ3v) is 9.27. The van der Waals surface area contributed by atoms with Gasteiger partial charge in [0.1, 0.15) is 11.7 Å². The van der Waals surface area contributed by atoms with E-state index in [2.05, 4.69) is 51.9 Å². The first-order valence-electron chi connectivity index (χ1n) is 19.9. The molecule has 1 aliphatic rings. The Labute approximate surface area is 341 Å². The first-order valence-corrected chi connectivity index (χ1v) is 19.9. The summed E-state index contributed by atoms with van der Waals surface area (Å²) in [5.41, 5.74) is 3.06. The number of nitrogens with zero attached hydrogens (tertiary/aromatic N) is 3. The molecule has 3 atom stereocenters. The lowest BCUT2D eigenvalue weighted by Crippen LogP contribution is -2.58. The summed E-state index contributed by atoms with van der Waals surface area (Å²) < 4.78 is 22.5. The standard InChI is InChI=1S/C42H57BN6O9/c1-29(2)23-33-11-13-34(14-12-33)31(5)40(52)46-17-19-55-21-22-56-20-18-49-27-38(50)57-43(58-39(51)28-49)37(24-30(3)4)48-41(53)35(25-32-9-7-6-8-10-32)47-42(54)36-26-44-15-16-45-36/h6-16,26,29-31,35,37H,17-25,27-28H2,1-5H3,(H,46,52)(H,47,54)(H,48,53)/t31-,35-,37-/m0/s1. The average Bonchev–Trinajstić information content (AvgIpc) is 3.19. The Bertz CT molecular complexity index is 1730. The monoisotopic (exact) mass is 800 g/mol. The molecule has 0 saturated carbocycles. The number of hydrogen-bond donors (Lipinski definition) is 3. The highest BCUT2D eigenvalue weighted by Gasteiger charge is 2.42. The summed E-state index contributed by atoms with van der Waals surface area (Å²) >= 11 is 0. The Morgan fingerprint density at radius 1 is 0.776 bits per heavy atom. The molecule has 1 aromatic heterocycles. The molecule has 2 heterocycles. The van der Waals surface area contributed by atoms with E-state index in [1.54, 1.807) is 4.90 Å². The summed E-state index contributed by atoms with van der Waals surface area (Å²) in [5, 5.41) is 8.52. The van der Waals surface area contributed by atoms with Crippen molar-refractivity contribution in [3.63, 3.8) is 0 Å². The molecule has 3 aromatic rings. The highest BCUT2D eigenvalue weighted by atomic mass is 16.6. The maximum atomic E-state index is 13.8. The number of ether oxygens (including phenoxy) is 2. The van der Waals surface area contributed by atoms with Gasteiger partial charge in [-0.3, -0.25) is 33.9 Å². The fourth-order valence-electron chi connectivity index (χ4n) is 6.32. The molecule has 2 aromatic carbocycles. The maximum Gasteiger partial charge on any atom is 0.622 e. The van der Waals surface area contributed by atoms with Crippen molar-refractivity contribution in [3.05, 3.63) is 95.6 Å². The maximum absolute atomic E-state index is 13.8. The van der Waals surface area contributed by atoms with Crippen molar-refractivity contribution in [2.24, 2.45) is 11.8 Å². The van der Waals surface area contributed by atoms with Crippen LogP contribution in [0, 0.1) is 11.8 Å². The van der Waals surface area contributed by atoms with E-state index in [9.17, 15) is 24.0 Å². The van der Waals surface area contributed by atoms with Crippen molar-refractivity contribution in [3.8, 4) is 0 Å². The van der Waals surface area contributed by atoms with Gasteiger partial charge in [-0.25, -0.2) is 4.98 Å². The molecule has 16 heteroatoms. The zero-order chi connectivity index (χ0) is 41.9. The summed E-state index contributed by atoms with van der Waals surface area (Å²) in [7, 11) is -1.39. The average molecular weight is 801 g/mol. The summed E-state index contributed by atoms with van der Waals surface area (Å²) in [6, 6.07) is 16.3. The molecule has 3 amide bonds. The molecule has 0 spiro atoms. The topological polar surface area (TPSA) is 187 Å². The first kappa shape index (κ1) is 45.5. The van der Waals surface area contributed by atoms with Gasteiger partial charge in [0.2, 0.25) is 11.8 Å². The Kier molecular flexibility index (Phi) is 18.8. The minimum atomic E-state index is -1.39. The van der Waals surface area contributed by atoms with Crippen molar-refractivity contribution in [1.29, 1.82) is 0 Å². The summed E-state index contributed by atoms with van der Waals surface area (Å²) in [4.78, 5) is 75.0. The van der Waals surface area contributed by atoms with Gasteiger partial charge in [-0.05, 0) is 48.3 Å². The number of benzene rings is 2. The molecule has 4 rings (SSSR count). The van der Waals surface area contributed by atoms with E-state index in [-0.39, 0.29) is 62.7 Å². The molecule has 0 aliphatic carbocycles. The lowest BCUT2D eigenvalue weighted by atomic mass is 9.73. The summed E-state index contributed by atoms with van der Waals surface area (Å²) in [6.45, 7) is 11.4.